The van der Waals surface area contributed by atoms with Crippen molar-refractivity contribution < 1.29 is 14.7 Å². The second-order valence-corrected chi connectivity index (χ2v) is 5.14. The Morgan fingerprint density at radius 3 is 2.28 bits per heavy atom. The largest absolute Gasteiger partial charge is 0.480 e. The van der Waals surface area contributed by atoms with Crippen molar-refractivity contribution >= 4 is 11.9 Å². The molecule has 2 atom stereocenters. The van der Waals surface area contributed by atoms with Crippen LogP contribution >= 0.6 is 0 Å². The molecule has 5 heteroatoms. The lowest BCUT2D eigenvalue weighted by Crippen LogP contribution is -2.57. The van der Waals surface area contributed by atoms with E-state index in [1.807, 2.05) is 0 Å². The fourth-order valence-electron chi connectivity index (χ4n) is 2.60. The number of aliphatic carboxylic acids is 1. The molecule has 1 aliphatic carbocycles. The molecule has 0 aromatic heterocycles. The van der Waals surface area contributed by atoms with Crippen LogP contribution in [0.3, 0.4) is 0 Å². The Morgan fingerprint density at radius 2 is 1.83 bits per heavy atom. The van der Waals surface area contributed by atoms with Gasteiger partial charge in [0.1, 0.15) is 5.54 Å². The van der Waals surface area contributed by atoms with Crippen LogP contribution in [-0.2, 0) is 9.59 Å². The molecular weight excluding hydrogens is 232 g/mol. The van der Waals surface area contributed by atoms with Crippen LogP contribution in [0, 0.1) is 5.92 Å². The van der Waals surface area contributed by atoms with E-state index in [4.69, 9.17) is 5.73 Å². The summed E-state index contributed by atoms with van der Waals surface area (Å²) < 4.78 is 0. The van der Waals surface area contributed by atoms with E-state index in [0.29, 0.717) is 12.8 Å². The Labute approximate surface area is 108 Å². The third-order valence-corrected chi connectivity index (χ3v) is 4.14. The molecule has 0 aromatic carbocycles. The monoisotopic (exact) mass is 256 g/mol. The van der Waals surface area contributed by atoms with Gasteiger partial charge in [0.15, 0.2) is 0 Å². The first-order valence-electron chi connectivity index (χ1n) is 6.78. The van der Waals surface area contributed by atoms with Gasteiger partial charge in [-0.3, -0.25) is 4.79 Å². The molecule has 0 heterocycles. The molecular formula is C13H24N2O3. The van der Waals surface area contributed by atoms with E-state index in [1.165, 1.54) is 0 Å². The fraction of sp³-hybridized carbons (Fsp3) is 0.846. The van der Waals surface area contributed by atoms with Gasteiger partial charge in [0.2, 0.25) is 5.91 Å². The molecule has 2 unspecified atom stereocenters. The SMILES string of the molecule is CCC(CC)(NC(=O)C1CCCCC1N)C(=O)O. The van der Waals surface area contributed by atoms with E-state index in [1.54, 1.807) is 13.8 Å². The van der Waals surface area contributed by atoms with E-state index < -0.39 is 11.5 Å². The molecule has 5 nitrogen and oxygen atoms in total. The molecule has 1 aliphatic rings. The van der Waals surface area contributed by atoms with Gasteiger partial charge in [-0.2, -0.15) is 0 Å². The Balaban J connectivity index is 2.75. The van der Waals surface area contributed by atoms with E-state index in [2.05, 4.69) is 5.32 Å². The van der Waals surface area contributed by atoms with Gasteiger partial charge in [-0.05, 0) is 25.7 Å². The zero-order valence-electron chi connectivity index (χ0n) is 11.2. The number of hydrogen-bond acceptors (Lipinski definition) is 3. The Kier molecular flexibility index (Phi) is 5.14. The first-order chi connectivity index (χ1) is 8.46. The molecule has 1 saturated carbocycles. The van der Waals surface area contributed by atoms with Crippen LogP contribution in [0.5, 0.6) is 0 Å². The first kappa shape index (κ1) is 15.0. The topological polar surface area (TPSA) is 92.4 Å². The van der Waals surface area contributed by atoms with Crippen LogP contribution in [0.2, 0.25) is 0 Å². The van der Waals surface area contributed by atoms with E-state index in [0.717, 1.165) is 25.7 Å². The maximum absolute atomic E-state index is 12.2. The zero-order chi connectivity index (χ0) is 13.8. The predicted molar refractivity (Wildman–Crippen MR) is 69.0 cm³/mol. The Hall–Kier alpha value is -1.10. The van der Waals surface area contributed by atoms with Gasteiger partial charge in [0.25, 0.3) is 0 Å². The molecule has 4 N–H and O–H groups in total. The molecule has 1 rings (SSSR count). The smallest absolute Gasteiger partial charge is 0.329 e. The van der Waals surface area contributed by atoms with Crippen LogP contribution in [-0.4, -0.2) is 28.6 Å². The molecule has 1 amide bonds. The maximum atomic E-state index is 12.2. The van der Waals surface area contributed by atoms with Crippen molar-refractivity contribution in [3.63, 3.8) is 0 Å². The number of amides is 1. The van der Waals surface area contributed by atoms with Crippen molar-refractivity contribution in [3.8, 4) is 0 Å². The van der Waals surface area contributed by atoms with Crippen LogP contribution < -0.4 is 11.1 Å². The van der Waals surface area contributed by atoms with Gasteiger partial charge in [-0.1, -0.05) is 26.7 Å². The van der Waals surface area contributed by atoms with Gasteiger partial charge in [-0.25, -0.2) is 4.79 Å². The summed E-state index contributed by atoms with van der Waals surface area (Å²) in [5, 5.41) is 12.0. The van der Waals surface area contributed by atoms with E-state index in [-0.39, 0.29) is 17.9 Å². The quantitative estimate of drug-likeness (QED) is 0.690. The Bertz CT molecular complexity index is 313. The molecule has 18 heavy (non-hydrogen) atoms. The number of carboxylic acids is 1. The lowest BCUT2D eigenvalue weighted by molar-refractivity contribution is -0.149. The lowest BCUT2D eigenvalue weighted by atomic mass is 9.83. The average molecular weight is 256 g/mol. The summed E-state index contributed by atoms with van der Waals surface area (Å²) in [6.07, 6.45) is 4.41. The standard InChI is InChI=1S/C13H24N2O3/c1-3-13(4-2,12(17)18)15-11(16)9-7-5-6-8-10(9)14/h9-10H,3-8,14H2,1-2H3,(H,15,16)(H,17,18). The van der Waals surface area contributed by atoms with Crippen molar-refractivity contribution in [2.24, 2.45) is 11.7 Å². The van der Waals surface area contributed by atoms with E-state index in [9.17, 15) is 14.7 Å². The third-order valence-electron chi connectivity index (χ3n) is 4.14. The summed E-state index contributed by atoms with van der Waals surface area (Å²) in [5.41, 5.74) is 4.80. The molecule has 0 radical (unpaired) electrons. The summed E-state index contributed by atoms with van der Waals surface area (Å²) in [6, 6.07) is -0.140. The molecule has 104 valence electrons. The number of nitrogens with two attached hydrogens (primary N) is 1. The Morgan fingerprint density at radius 1 is 1.28 bits per heavy atom. The summed E-state index contributed by atoms with van der Waals surface area (Å²) in [5.74, 6) is -1.41. The molecule has 0 bridgehead atoms. The number of rotatable bonds is 5. The third kappa shape index (κ3) is 3.02. The minimum absolute atomic E-state index is 0.140. The van der Waals surface area contributed by atoms with Crippen molar-refractivity contribution in [2.75, 3.05) is 0 Å². The van der Waals surface area contributed by atoms with Gasteiger partial charge < -0.3 is 16.2 Å². The number of carbonyl (C=O) groups excluding carboxylic acids is 1. The van der Waals surface area contributed by atoms with Crippen LogP contribution in [0.15, 0.2) is 0 Å². The average Bonchev–Trinajstić information content (AvgIpc) is 2.36. The minimum Gasteiger partial charge on any atom is -0.480 e. The minimum atomic E-state index is -1.14. The zero-order valence-corrected chi connectivity index (χ0v) is 11.2. The second-order valence-electron chi connectivity index (χ2n) is 5.14. The van der Waals surface area contributed by atoms with E-state index >= 15 is 0 Å². The maximum Gasteiger partial charge on any atom is 0.329 e. The van der Waals surface area contributed by atoms with Gasteiger partial charge in [-0.15, -0.1) is 0 Å². The normalized spacial score (nSPS) is 24.6. The number of hydrogen-bond donors (Lipinski definition) is 3. The predicted octanol–water partition coefficient (Wildman–Crippen LogP) is 1.26. The highest BCUT2D eigenvalue weighted by molar-refractivity contribution is 5.88. The van der Waals surface area contributed by atoms with Crippen LogP contribution in [0.25, 0.3) is 0 Å². The highest BCUT2D eigenvalue weighted by Gasteiger charge is 2.39. The molecule has 0 saturated heterocycles. The molecule has 0 aliphatic heterocycles. The summed E-state index contributed by atoms with van der Waals surface area (Å²) in [6.45, 7) is 3.55. The molecule has 1 fully saturated rings. The highest BCUT2D eigenvalue weighted by Crippen LogP contribution is 2.25. The van der Waals surface area contributed by atoms with Crippen molar-refractivity contribution in [2.45, 2.75) is 64.0 Å². The van der Waals surface area contributed by atoms with Crippen molar-refractivity contribution in [1.29, 1.82) is 0 Å². The van der Waals surface area contributed by atoms with Gasteiger partial charge >= 0.3 is 5.97 Å². The number of carbonyl (C=O) groups is 2. The fourth-order valence-corrected chi connectivity index (χ4v) is 2.60. The molecule has 0 aromatic rings. The second kappa shape index (κ2) is 6.18. The lowest BCUT2D eigenvalue weighted by Gasteiger charge is -2.33. The summed E-state index contributed by atoms with van der Waals surface area (Å²) in [7, 11) is 0. The first-order valence-corrected chi connectivity index (χ1v) is 6.78. The number of nitrogens with one attached hydrogen (secondary N) is 1. The van der Waals surface area contributed by atoms with Crippen molar-refractivity contribution in [1.82, 2.24) is 5.32 Å². The summed E-state index contributed by atoms with van der Waals surface area (Å²) >= 11 is 0. The van der Waals surface area contributed by atoms with Gasteiger partial charge in [0, 0.05) is 6.04 Å². The van der Waals surface area contributed by atoms with Crippen LogP contribution in [0.1, 0.15) is 52.4 Å². The highest BCUT2D eigenvalue weighted by atomic mass is 16.4. The van der Waals surface area contributed by atoms with Crippen molar-refractivity contribution in [3.05, 3.63) is 0 Å². The summed E-state index contributed by atoms with van der Waals surface area (Å²) in [4.78, 5) is 23.5. The molecule has 0 spiro atoms. The van der Waals surface area contributed by atoms with Crippen LogP contribution in [0.4, 0.5) is 0 Å². The van der Waals surface area contributed by atoms with Gasteiger partial charge in [0.05, 0.1) is 5.92 Å². The number of carboxylic acid groups (broad SMARTS) is 1.